The number of benzene rings is 1. The Hall–Kier alpha value is -1.59. The fourth-order valence-electron chi connectivity index (χ4n) is 4.27. The van der Waals surface area contributed by atoms with Crippen LogP contribution in [0.15, 0.2) is 24.3 Å². The summed E-state index contributed by atoms with van der Waals surface area (Å²) in [7, 11) is 1.68. The van der Waals surface area contributed by atoms with E-state index in [0.717, 1.165) is 38.0 Å². The van der Waals surface area contributed by atoms with E-state index in [2.05, 4.69) is 22.3 Å². The Labute approximate surface area is 150 Å². The highest BCUT2D eigenvalue weighted by molar-refractivity contribution is 5.78. The van der Waals surface area contributed by atoms with Crippen molar-refractivity contribution >= 4 is 5.91 Å². The van der Waals surface area contributed by atoms with Gasteiger partial charge in [0.25, 0.3) is 0 Å². The molecule has 1 aliphatic heterocycles. The van der Waals surface area contributed by atoms with Crippen molar-refractivity contribution in [3.63, 3.8) is 0 Å². The predicted octanol–water partition coefficient (Wildman–Crippen LogP) is 2.08. The molecule has 2 fully saturated rings. The number of carbonyl (C=O) groups excluding carboxylic acids is 1. The summed E-state index contributed by atoms with van der Waals surface area (Å²) in [5.41, 5.74) is 1.34. The third-order valence-electron chi connectivity index (χ3n) is 5.73. The quantitative estimate of drug-likeness (QED) is 0.828. The number of hydrogen-bond donors (Lipinski definition) is 2. The van der Waals surface area contributed by atoms with Crippen LogP contribution in [0.1, 0.15) is 44.1 Å². The lowest BCUT2D eigenvalue weighted by Gasteiger charge is -2.32. The van der Waals surface area contributed by atoms with Crippen molar-refractivity contribution in [2.75, 3.05) is 33.3 Å². The van der Waals surface area contributed by atoms with Gasteiger partial charge in [-0.1, -0.05) is 25.0 Å². The number of piperidine rings is 1. The van der Waals surface area contributed by atoms with E-state index in [4.69, 9.17) is 4.74 Å². The molecule has 25 heavy (non-hydrogen) atoms. The molecule has 1 saturated heterocycles. The van der Waals surface area contributed by atoms with E-state index in [9.17, 15) is 9.90 Å². The lowest BCUT2D eigenvalue weighted by Crippen LogP contribution is -2.46. The molecule has 2 aliphatic rings. The van der Waals surface area contributed by atoms with Crippen LogP contribution >= 0.6 is 0 Å². The number of nitrogens with zero attached hydrogens (tertiary/aromatic N) is 1. The van der Waals surface area contributed by atoms with E-state index in [1.807, 2.05) is 12.1 Å². The summed E-state index contributed by atoms with van der Waals surface area (Å²) in [5.74, 6) is 0.929. The van der Waals surface area contributed by atoms with Gasteiger partial charge >= 0.3 is 0 Å². The zero-order valence-corrected chi connectivity index (χ0v) is 15.2. The number of rotatable bonds is 6. The average Bonchev–Trinajstić information content (AvgIpc) is 3.10. The van der Waals surface area contributed by atoms with Crippen molar-refractivity contribution in [2.24, 2.45) is 0 Å². The van der Waals surface area contributed by atoms with Crippen LogP contribution in [-0.4, -0.2) is 55.3 Å². The van der Waals surface area contributed by atoms with Crippen LogP contribution in [0.3, 0.4) is 0 Å². The molecule has 0 spiro atoms. The first-order chi connectivity index (χ1) is 12.1. The lowest BCUT2D eigenvalue weighted by atomic mass is 9.78. The van der Waals surface area contributed by atoms with E-state index in [1.165, 1.54) is 18.4 Å². The summed E-state index contributed by atoms with van der Waals surface area (Å²) < 4.78 is 5.26. The first-order valence-corrected chi connectivity index (χ1v) is 9.43. The maximum atomic E-state index is 12.4. The Morgan fingerprint density at radius 2 is 2.00 bits per heavy atom. The van der Waals surface area contributed by atoms with E-state index in [1.54, 1.807) is 7.11 Å². The summed E-state index contributed by atoms with van der Waals surface area (Å²) in [6, 6.07) is 8.29. The molecule has 0 aromatic heterocycles. The van der Waals surface area contributed by atoms with Gasteiger partial charge in [0.1, 0.15) is 5.75 Å². The monoisotopic (exact) mass is 346 g/mol. The van der Waals surface area contributed by atoms with Gasteiger partial charge in [-0.3, -0.25) is 9.69 Å². The maximum Gasteiger partial charge on any atom is 0.234 e. The number of amides is 1. The minimum Gasteiger partial charge on any atom is -0.497 e. The Kier molecular flexibility index (Phi) is 5.97. The van der Waals surface area contributed by atoms with Crippen molar-refractivity contribution in [1.29, 1.82) is 0 Å². The molecule has 1 amide bonds. The summed E-state index contributed by atoms with van der Waals surface area (Å²) in [6.45, 7) is 2.58. The number of β-amino-alcohol motifs (C(OH)–C–C–N with tert-alkyl or cyclic N) is 1. The second kappa shape index (κ2) is 8.19. The Morgan fingerprint density at radius 3 is 2.64 bits per heavy atom. The van der Waals surface area contributed by atoms with Crippen LogP contribution in [0.5, 0.6) is 5.75 Å². The normalized spacial score (nSPS) is 23.4. The van der Waals surface area contributed by atoms with Gasteiger partial charge in [0.2, 0.25) is 5.91 Å². The van der Waals surface area contributed by atoms with Crippen LogP contribution in [0, 0.1) is 0 Å². The molecule has 2 N–H and O–H groups in total. The van der Waals surface area contributed by atoms with Crippen LogP contribution < -0.4 is 10.1 Å². The number of aliphatic hydroxyl groups is 1. The molecule has 5 heteroatoms. The average molecular weight is 346 g/mol. The topological polar surface area (TPSA) is 61.8 Å². The highest BCUT2D eigenvalue weighted by atomic mass is 16.5. The minimum absolute atomic E-state index is 0.0450. The van der Waals surface area contributed by atoms with Gasteiger partial charge in [-0.25, -0.2) is 0 Å². The molecule has 1 heterocycles. The number of methoxy groups -OCH3 is 1. The molecule has 1 saturated carbocycles. The van der Waals surface area contributed by atoms with E-state index < -0.39 is 0 Å². The number of hydrogen-bond acceptors (Lipinski definition) is 4. The summed E-state index contributed by atoms with van der Waals surface area (Å²) >= 11 is 0. The van der Waals surface area contributed by atoms with Gasteiger partial charge in [0, 0.05) is 18.5 Å². The van der Waals surface area contributed by atoms with Crippen molar-refractivity contribution in [3.05, 3.63) is 29.8 Å². The first kappa shape index (κ1) is 18.2. The number of ether oxygens (including phenoxy) is 1. The van der Waals surface area contributed by atoms with Gasteiger partial charge in [-0.05, 0) is 49.9 Å². The predicted molar refractivity (Wildman–Crippen MR) is 97.8 cm³/mol. The second-order valence-corrected chi connectivity index (χ2v) is 7.52. The highest BCUT2D eigenvalue weighted by Gasteiger charge is 2.36. The summed E-state index contributed by atoms with van der Waals surface area (Å²) in [6.07, 6.45) is 6.16. The standard InChI is InChI=1S/C20H30N2O3/c1-25-18-8-6-16(7-9-18)20(10-2-3-11-20)15-21-19(24)14-22-12-4-5-17(23)13-22/h6-9,17,23H,2-5,10-15H2,1H3,(H,21,24)/t17-/m1/s1. The van der Waals surface area contributed by atoms with Crippen LogP contribution in [0.25, 0.3) is 0 Å². The molecule has 5 nitrogen and oxygen atoms in total. The van der Waals surface area contributed by atoms with Gasteiger partial charge in [-0.15, -0.1) is 0 Å². The molecule has 0 unspecified atom stereocenters. The Bertz CT molecular complexity index is 567. The van der Waals surface area contributed by atoms with Crippen molar-refractivity contribution in [1.82, 2.24) is 10.2 Å². The minimum atomic E-state index is -0.290. The van der Waals surface area contributed by atoms with Gasteiger partial charge < -0.3 is 15.2 Å². The number of nitrogens with one attached hydrogen (secondary N) is 1. The number of likely N-dealkylation sites (tertiary alicyclic amines) is 1. The van der Waals surface area contributed by atoms with E-state index >= 15 is 0 Å². The molecule has 0 bridgehead atoms. The highest BCUT2D eigenvalue weighted by Crippen LogP contribution is 2.41. The third-order valence-corrected chi connectivity index (χ3v) is 5.73. The second-order valence-electron chi connectivity index (χ2n) is 7.52. The zero-order chi connectivity index (χ0) is 17.7. The maximum absolute atomic E-state index is 12.4. The molecular formula is C20H30N2O3. The smallest absolute Gasteiger partial charge is 0.234 e. The molecule has 0 radical (unpaired) electrons. The Morgan fingerprint density at radius 1 is 1.28 bits per heavy atom. The SMILES string of the molecule is COc1ccc(C2(CNC(=O)CN3CCC[C@@H](O)C3)CCCC2)cc1. The van der Waals surface area contributed by atoms with Gasteiger partial charge in [-0.2, -0.15) is 0 Å². The molecule has 1 aromatic rings. The van der Waals surface area contributed by atoms with Crippen LogP contribution in [0.2, 0.25) is 0 Å². The molecule has 138 valence electrons. The fourth-order valence-corrected chi connectivity index (χ4v) is 4.27. The molecule has 1 aromatic carbocycles. The van der Waals surface area contributed by atoms with Crippen LogP contribution in [0.4, 0.5) is 0 Å². The lowest BCUT2D eigenvalue weighted by molar-refractivity contribution is -0.123. The molecule has 1 atom stereocenters. The summed E-state index contributed by atoms with van der Waals surface area (Å²) in [4.78, 5) is 14.4. The number of aliphatic hydroxyl groups excluding tert-OH is 1. The van der Waals surface area contributed by atoms with Gasteiger partial charge in [0.05, 0.1) is 19.8 Å². The van der Waals surface area contributed by atoms with Crippen molar-refractivity contribution in [2.45, 2.75) is 50.0 Å². The van der Waals surface area contributed by atoms with E-state index in [0.29, 0.717) is 19.6 Å². The largest absolute Gasteiger partial charge is 0.497 e. The molecular weight excluding hydrogens is 316 g/mol. The summed E-state index contributed by atoms with van der Waals surface area (Å²) in [5, 5.41) is 12.9. The number of carbonyl (C=O) groups is 1. The van der Waals surface area contributed by atoms with E-state index in [-0.39, 0.29) is 17.4 Å². The Balaban J connectivity index is 1.58. The molecule has 1 aliphatic carbocycles. The van der Waals surface area contributed by atoms with Crippen molar-refractivity contribution in [3.8, 4) is 5.75 Å². The zero-order valence-electron chi connectivity index (χ0n) is 15.2. The van der Waals surface area contributed by atoms with Gasteiger partial charge in [0.15, 0.2) is 0 Å². The molecule has 3 rings (SSSR count). The van der Waals surface area contributed by atoms with Crippen LogP contribution in [-0.2, 0) is 10.2 Å². The first-order valence-electron chi connectivity index (χ1n) is 9.43. The fraction of sp³-hybridized carbons (Fsp3) is 0.650. The van der Waals surface area contributed by atoms with Crippen molar-refractivity contribution < 1.29 is 14.6 Å². The third kappa shape index (κ3) is 4.53.